The lowest BCUT2D eigenvalue weighted by molar-refractivity contribution is 0.0285. The Morgan fingerprint density at radius 2 is 1.63 bits per heavy atom. The number of benzene rings is 4. The summed E-state index contributed by atoms with van der Waals surface area (Å²) in [6, 6.07) is 25.8. The molecule has 0 saturated carbocycles. The monoisotopic (exact) mass is 728 g/mol. The van der Waals surface area contributed by atoms with Crippen molar-refractivity contribution in [3.05, 3.63) is 136 Å². The van der Waals surface area contributed by atoms with E-state index in [-0.39, 0.29) is 28.5 Å². The normalized spacial score (nSPS) is 11.5. The van der Waals surface area contributed by atoms with Crippen molar-refractivity contribution in [1.82, 2.24) is 14.3 Å². The second-order valence-electron chi connectivity index (χ2n) is 12.5. The molecule has 0 aliphatic carbocycles. The van der Waals surface area contributed by atoms with Crippen LogP contribution < -0.4 is 20.3 Å². The van der Waals surface area contributed by atoms with Crippen LogP contribution in [-0.4, -0.2) is 50.5 Å². The molecule has 2 aromatic heterocycles. The fraction of sp³-hybridized carbons (Fsp3) is 0.184. The zero-order valence-electron chi connectivity index (χ0n) is 29.0. The van der Waals surface area contributed by atoms with Gasteiger partial charge in [0.1, 0.15) is 23.7 Å². The molecule has 0 unspecified atom stereocenters. The number of fused-ring (bicyclic) bond motifs is 1. The van der Waals surface area contributed by atoms with Crippen LogP contribution in [0.15, 0.2) is 113 Å². The van der Waals surface area contributed by atoms with Crippen molar-refractivity contribution in [2.75, 3.05) is 11.9 Å². The van der Waals surface area contributed by atoms with Gasteiger partial charge < -0.3 is 19.9 Å². The Bertz CT molecular complexity index is 2400. The highest BCUT2D eigenvalue weighted by molar-refractivity contribution is 7.85. The number of anilines is 1. The van der Waals surface area contributed by atoms with Crippen molar-refractivity contribution >= 4 is 32.6 Å². The minimum absolute atomic E-state index is 0.0359. The van der Waals surface area contributed by atoms with E-state index >= 15 is 4.39 Å². The topological polar surface area (TPSA) is 162 Å². The Kier molecular flexibility index (Phi) is 10.9. The minimum Gasteiger partial charge on any atom is -0.491 e. The molecule has 0 atom stereocenters. The van der Waals surface area contributed by atoms with Crippen LogP contribution in [0.5, 0.6) is 17.2 Å². The SMILES string of the molecule is Cc1c(C(=O)Nc2ccc(Oc3ccnc4cc(OCC(C)(C)O)ccc34)c(F)c2)c(=O)n(-c2ccccc2)n1C.Cc1ccc(S(=O)(=O)O)cc1. The van der Waals surface area contributed by atoms with E-state index in [1.54, 1.807) is 93.2 Å². The quantitative estimate of drug-likeness (QED) is 0.139. The summed E-state index contributed by atoms with van der Waals surface area (Å²) in [6.45, 7) is 6.92. The maximum Gasteiger partial charge on any atom is 0.294 e. The third-order valence-electron chi connectivity index (χ3n) is 7.78. The molecule has 2 heterocycles. The van der Waals surface area contributed by atoms with E-state index < -0.39 is 33.0 Å². The molecule has 0 bridgehead atoms. The van der Waals surface area contributed by atoms with Crippen molar-refractivity contribution in [3.8, 4) is 22.9 Å². The second kappa shape index (κ2) is 15.2. The average molecular weight is 729 g/mol. The number of aromatic nitrogens is 3. The number of ether oxygens (including phenoxy) is 2. The third kappa shape index (κ3) is 8.90. The maximum atomic E-state index is 15.1. The Balaban J connectivity index is 0.000000407. The molecule has 0 aliphatic heterocycles. The maximum absolute atomic E-state index is 15.1. The Morgan fingerprint density at radius 1 is 0.942 bits per heavy atom. The van der Waals surface area contributed by atoms with E-state index in [2.05, 4.69) is 10.3 Å². The van der Waals surface area contributed by atoms with Gasteiger partial charge in [-0.25, -0.2) is 9.07 Å². The van der Waals surface area contributed by atoms with Crippen LogP contribution in [0.1, 0.15) is 35.5 Å². The van der Waals surface area contributed by atoms with Gasteiger partial charge in [-0.3, -0.25) is 23.8 Å². The lowest BCUT2D eigenvalue weighted by atomic mass is 10.1. The summed E-state index contributed by atoms with van der Waals surface area (Å²) >= 11 is 0. The van der Waals surface area contributed by atoms with Crippen LogP contribution in [0.25, 0.3) is 16.6 Å². The van der Waals surface area contributed by atoms with E-state index in [4.69, 9.17) is 14.0 Å². The van der Waals surface area contributed by atoms with E-state index in [1.807, 2.05) is 13.0 Å². The number of nitrogens with zero attached hydrogens (tertiary/aromatic N) is 3. The first-order valence-corrected chi connectivity index (χ1v) is 17.4. The number of carbonyl (C=O) groups excluding carboxylic acids is 1. The van der Waals surface area contributed by atoms with Gasteiger partial charge in [0, 0.05) is 36.5 Å². The van der Waals surface area contributed by atoms with E-state index in [0.717, 1.165) is 11.6 Å². The van der Waals surface area contributed by atoms with Crippen LogP contribution in [0.4, 0.5) is 10.1 Å². The zero-order valence-corrected chi connectivity index (χ0v) is 29.8. The highest BCUT2D eigenvalue weighted by atomic mass is 32.2. The molecule has 0 saturated heterocycles. The molecule has 52 heavy (non-hydrogen) atoms. The lowest BCUT2D eigenvalue weighted by Gasteiger charge is -2.18. The smallest absolute Gasteiger partial charge is 0.294 e. The van der Waals surface area contributed by atoms with Crippen molar-refractivity contribution in [1.29, 1.82) is 0 Å². The molecule has 1 amide bonds. The molecule has 14 heteroatoms. The number of nitrogens with one attached hydrogen (secondary N) is 1. The van der Waals surface area contributed by atoms with Crippen molar-refractivity contribution < 1.29 is 36.7 Å². The first-order valence-electron chi connectivity index (χ1n) is 15.9. The van der Waals surface area contributed by atoms with Gasteiger partial charge in [0.15, 0.2) is 11.6 Å². The number of amides is 1. The van der Waals surface area contributed by atoms with Crippen LogP contribution in [0.2, 0.25) is 0 Å². The number of aliphatic hydroxyl groups is 1. The molecule has 0 fully saturated rings. The first-order chi connectivity index (χ1) is 24.5. The van der Waals surface area contributed by atoms with Gasteiger partial charge >= 0.3 is 0 Å². The summed E-state index contributed by atoms with van der Waals surface area (Å²) < 4.78 is 59.2. The largest absolute Gasteiger partial charge is 0.491 e. The summed E-state index contributed by atoms with van der Waals surface area (Å²) in [5.74, 6) is -0.501. The molecule has 0 spiro atoms. The van der Waals surface area contributed by atoms with Crippen LogP contribution in [0.3, 0.4) is 0 Å². The number of aryl methyl sites for hydroxylation is 1. The zero-order chi connectivity index (χ0) is 37.8. The van der Waals surface area contributed by atoms with Crippen molar-refractivity contribution in [3.63, 3.8) is 0 Å². The van der Waals surface area contributed by atoms with Gasteiger partial charge in [-0.2, -0.15) is 8.42 Å². The summed E-state index contributed by atoms with van der Waals surface area (Å²) in [5, 5.41) is 13.1. The van der Waals surface area contributed by atoms with Crippen molar-refractivity contribution in [2.24, 2.45) is 7.05 Å². The summed E-state index contributed by atoms with van der Waals surface area (Å²) in [7, 11) is -2.33. The minimum atomic E-state index is -4.02. The number of para-hydroxylation sites is 1. The first kappa shape index (κ1) is 37.4. The number of pyridine rings is 1. The van der Waals surface area contributed by atoms with Crippen LogP contribution in [0, 0.1) is 19.7 Å². The molecule has 6 rings (SSSR count). The van der Waals surface area contributed by atoms with Gasteiger partial charge in [0.05, 0.1) is 27.4 Å². The summed E-state index contributed by atoms with van der Waals surface area (Å²) in [5.41, 5.74) is 1.28. The fourth-order valence-electron chi connectivity index (χ4n) is 5.05. The highest BCUT2D eigenvalue weighted by Crippen LogP contribution is 2.33. The predicted octanol–water partition coefficient (Wildman–Crippen LogP) is 6.61. The lowest BCUT2D eigenvalue weighted by Crippen LogP contribution is -2.27. The Morgan fingerprint density at radius 3 is 2.27 bits per heavy atom. The molecular weight excluding hydrogens is 692 g/mol. The van der Waals surface area contributed by atoms with Crippen LogP contribution >= 0.6 is 0 Å². The van der Waals surface area contributed by atoms with Gasteiger partial charge in [-0.1, -0.05) is 35.9 Å². The average Bonchev–Trinajstić information content (AvgIpc) is 3.31. The van der Waals surface area contributed by atoms with Crippen LogP contribution in [-0.2, 0) is 17.2 Å². The predicted molar refractivity (Wildman–Crippen MR) is 195 cm³/mol. The number of rotatable bonds is 9. The Hall–Kier alpha value is -5.83. The molecular formula is C38H37FN4O8S. The number of hydrogen-bond donors (Lipinski definition) is 3. The number of halogens is 1. The molecule has 4 aromatic carbocycles. The van der Waals surface area contributed by atoms with Gasteiger partial charge in [0.2, 0.25) is 0 Å². The molecule has 12 nitrogen and oxygen atoms in total. The van der Waals surface area contributed by atoms with Gasteiger partial charge in [-0.05, 0) is 82.3 Å². The third-order valence-corrected chi connectivity index (χ3v) is 8.64. The molecule has 0 radical (unpaired) electrons. The van der Waals surface area contributed by atoms with Gasteiger partial charge in [0.25, 0.3) is 21.6 Å². The summed E-state index contributed by atoms with van der Waals surface area (Å²) in [6.07, 6.45) is 1.54. The van der Waals surface area contributed by atoms with Crippen molar-refractivity contribution in [2.45, 2.75) is 38.2 Å². The van der Waals surface area contributed by atoms with Gasteiger partial charge in [-0.15, -0.1) is 0 Å². The molecule has 270 valence electrons. The Labute approximate surface area is 299 Å². The molecule has 3 N–H and O–H groups in total. The standard InChI is InChI=1S/C31H29FN4O5.C7H8O3S/c1-19-28(30(38)36(35(19)4)21-8-6-5-7-9-21)29(37)34-20-10-13-27(24(32)16-20)41-26-14-15-33-25-17-22(11-12-23(25)26)40-18-31(2,3)39;1-6-2-4-7(5-3-6)11(8,9)10/h5-17,39H,18H2,1-4H3,(H,34,37);2-5H,1H3,(H,8,9,10). The molecule has 0 aliphatic rings. The second-order valence-corrected chi connectivity index (χ2v) is 13.9. The fourth-order valence-corrected chi connectivity index (χ4v) is 5.53. The number of hydrogen-bond acceptors (Lipinski definition) is 8. The molecule has 6 aromatic rings. The summed E-state index contributed by atoms with van der Waals surface area (Å²) in [4.78, 5) is 30.5. The highest BCUT2D eigenvalue weighted by Gasteiger charge is 2.23. The van der Waals surface area contributed by atoms with E-state index in [9.17, 15) is 23.1 Å². The number of carbonyl (C=O) groups is 1. The van der Waals surface area contributed by atoms with E-state index in [0.29, 0.717) is 33.8 Å². The van der Waals surface area contributed by atoms with E-state index in [1.165, 1.54) is 35.1 Å².